The van der Waals surface area contributed by atoms with E-state index >= 15 is 0 Å². The molecule has 9 nitrogen and oxygen atoms in total. The normalized spacial score (nSPS) is 26.4. The van der Waals surface area contributed by atoms with Crippen LogP contribution in [0, 0.1) is 29.6 Å². The molecule has 2 aliphatic heterocycles. The van der Waals surface area contributed by atoms with Gasteiger partial charge in [0.25, 0.3) is 5.91 Å². The second-order valence-electron chi connectivity index (χ2n) is 12.8. The van der Waals surface area contributed by atoms with Crippen LogP contribution in [0.2, 0.25) is 5.02 Å². The van der Waals surface area contributed by atoms with Crippen LogP contribution in [-0.4, -0.2) is 41.7 Å². The van der Waals surface area contributed by atoms with E-state index in [0.29, 0.717) is 16.5 Å². The Hall–Kier alpha value is -4.27. The molecule has 0 spiro atoms. The van der Waals surface area contributed by atoms with Crippen molar-refractivity contribution in [3.63, 3.8) is 0 Å². The highest BCUT2D eigenvalue weighted by molar-refractivity contribution is 8.00. The van der Waals surface area contributed by atoms with Gasteiger partial charge in [-0.15, -0.1) is 11.8 Å². The van der Waals surface area contributed by atoms with Gasteiger partial charge in [-0.05, 0) is 84.3 Å². The van der Waals surface area contributed by atoms with Crippen molar-refractivity contribution in [3.05, 3.63) is 97.4 Å². The molecule has 4 aromatic rings. The van der Waals surface area contributed by atoms with Gasteiger partial charge in [0.05, 0.1) is 35.2 Å². The molecule has 3 aromatic carbocycles. The summed E-state index contributed by atoms with van der Waals surface area (Å²) in [6.45, 7) is -0.493. The second kappa shape index (κ2) is 12.2. The summed E-state index contributed by atoms with van der Waals surface area (Å²) in [5.74, 6) is -1.95. The summed E-state index contributed by atoms with van der Waals surface area (Å²) in [6.07, 6.45) is -3.83. The van der Waals surface area contributed by atoms with Gasteiger partial charge in [-0.2, -0.15) is 13.2 Å². The average molecular weight is 742 g/mol. The van der Waals surface area contributed by atoms with E-state index in [-0.39, 0.29) is 57.0 Å². The number of alkyl halides is 3. The zero-order chi connectivity index (χ0) is 35.1. The number of nitrogens with zero attached hydrogens (tertiary/aromatic N) is 1. The quantitative estimate of drug-likeness (QED) is 0.200. The standard InChI is InChI=1S/C35H27ClF3N3O6S2/c1-47-23-11-15(5-10-22(23)48-14-24(43)40-18-4-2-3-16(12-18)35(37,38)39)25-26-20-13-21(29(26)49-31-30(25)50-34(46)41-31)28-27(20)32(44)42(33(28)45)19-8-6-17(36)7-9-19/h2-12,20-21,25-29H,13-14H2,1H3,(H,40,43)(H,41,46)/t20?,21?,25-,26?,27?,28?,29?/m1/s1. The highest BCUT2D eigenvalue weighted by Crippen LogP contribution is 2.68. The third-order valence-electron chi connectivity index (χ3n) is 10.2. The van der Waals surface area contributed by atoms with E-state index in [2.05, 4.69) is 10.3 Å². The summed E-state index contributed by atoms with van der Waals surface area (Å²) in [5.41, 5.74) is 0.414. The topological polar surface area (TPSA) is 118 Å². The number of thioether (sulfide) groups is 1. The number of ether oxygens (including phenoxy) is 2. The predicted octanol–water partition coefficient (Wildman–Crippen LogP) is 6.81. The Bertz CT molecular complexity index is 2100. The molecule has 0 radical (unpaired) electrons. The van der Waals surface area contributed by atoms with E-state index in [1.165, 1.54) is 24.1 Å². The van der Waals surface area contributed by atoms with Crippen LogP contribution in [0.25, 0.3) is 0 Å². The molecule has 7 atom stereocenters. The zero-order valence-corrected chi connectivity index (χ0v) is 28.4. The van der Waals surface area contributed by atoms with Gasteiger partial charge in [-0.25, -0.2) is 0 Å². The van der Waals surface area contributed by atoms with Crippen LogP contribution in [0.4, 0.5) is 24.5 Å². The largest absolute Gasteiger partial charge is 0.493 e. The van der Waals surface area contributed by atoms with Gasteiger partial charge in [0.1, 0.15) is 0 Å². The number of thiazole rings is 1. The van der Waals surface area contributed by atoms with Crippen LogP contribution in [0.15, 0.2) is 76.6 Å². The van der Waals surface area contributed by atoms with Gasteiger partial charge in [0, 0.05) is 26.8 Å². The van der Waals surface area contributed by atoms with E-state index in [4.69, 9.17) is 21.1 Å². The third kappa shape index (κ3) is 5.39. The van der Waals surface area contributed by atoms with Gasteiger partial charge < -0.3 is 19.8 Å². The summed E-state index contributed by atoms with van der Waals surface area (Å²) in [7, 11) is 1.45. The molecule has 1 saturated heterocycles. The number of hydrogen-bond acceptors (Lipinski definition) is 8. The maximum Gasteiger partial charge on any atom is 0.416 e. The number of amides is 3. The molecule has 6 unspecified atom stereocenters. The summed E-state index contributed by atoms with van der Waals surface area (Å²) < 4.78 is 50.7. The van der Waals surface area contributed by atoms with Crippen LogP contribution >= 0.6 is 34.7 Å². The molecule has 15 heteroatoms. The Kier molecular flexibility index (Phi) is 8.03. The second-order valence-corrected chi connectivity index (χ2v) is 15.4. The smallest absolute Gasteiger partial charge is 0.416 e. The Balaban J connectivity index is 1.06. The molecule has 3 amide bonds. The first-order valence-electron chi connectivity index (χ1n) is 15.7. The zero-order valence-electron chi connectivity index (χ0n) is 26.0. The fourth-order valence-corrected chi connectivity index (χ4v) is 11.4. The van der Waals surface area contributed by atoms with E-state index < -0.39 is 36.1 Å². The molecule has 8 rings (SSSR count). The number of methoxy groups -OCH3 is 1. The van der Waals surface area contributed by atoms with Gasteiger partial charge in [-0.3, -0.25) is 24.1 Å². The maximum absolute atomic E-state index is 14.0. The molecular formula is C35H27ClF3N3O6S2. The number of fused-ring (bicyclic) bond motifs is 9. The lowest BCUT2D eigenvalue weighted by Gasteiger charge is -2.43. The SMILES string of the molecule is COc1cc([C@H]2c3sc(=O)[nH]c3SC3C4CC(C5C(=O)N(c6ccc(Cl)cc6)C(=O)C45)C32)ccc1OCC(=O)Nc1cccc(C(F)(F)F)c1. The Labute approximate surface area is 296 Å². The first-order valence-corrected chi connectivity index (χ1v) is 17.8. The van der Waals surface area contributed by atoms with Gasteiger partial charge in [0.2, 0.25) is 11.8 Å². The number of aromatic nitrogens is 1. The van der Waals surface area contributed by atoms with E-state index in [1.54, 1.807) is 48.2 Å². The molecule has 2 N–H and O–H groups in total. The minimum absolute atomic E-state index is 0.0198. The maximum atomic E-state index is 14.0. The third-order valence-corrected chi connectivity index (χ3v) is 13.0. The van der Waals surface area contributed by atoms with Gasteiger partial charge in [0.15, 0.2) is 18.1 Å². The summed E-state index contributed by atoms with van der Waals surface area (Å²) in [5, 5.41) is 3.66. The minimum atomic E-state index is -4.55. The van der Waals surface area contributed by atoms with E-state index in [9.17, 15) is 32.3 Å². The van der Waals surface area contributed by atoms with Gasteiger partial charge in [-0.1, -0.05) is 35.1 Å². The Morgan fingerprint density at radius 2 is 1.74 bits per heavy atom. The number of hydrogen-bond donors (Lipinski definition) is 2. The van der Waals surface area contributed by atoms with E-state index in [0.717, 1.165) is 45.4 Å². The molecular weight excluding hydrogens is 715 g/mol. The lowest BCUT2D eigenvalue weighted by molar-refractivity contribution is -0.137. The predicted molar refractivity (Wildman–Crippen MR) is 181 cm³/mol. The number of carbonyl (C=O) groups excluding carboxylic acids is 3. The summed E-state index contributed by atoms with van der Waals surface area (Å²) >= 11 is 8.78. The number of benzene rings is 3. The number of anilines is 2. The number of aromatic amines is 1. The Morgan fingerprint density at radius 1 is 1.00 bits per heavy atom. The van der Waals surface area contributed by atoms with Crippen LogP contribution in [0.3, 0.4) is 0 Å². The van der Waals surface area contributed by atoms with Crippen LogP contribution in [-0.2, 0) is 20.6 Å². The van der Waals surface area contributed by atoms with Crippen molar-refractivity contribution >= 4 is 63.8 Å². The minimum Gasteiger partial charge on any atom is -0.493 e. The first-order chi connectivity index (χ1) is 23.9. The number of nitrogens with one attached hydrogen (secondary N) is 2. The van der Waals surface area contributed by atoms with E-state index in [1.807, 2.05) is 6.07 Å². The number of H-pyrrole nitrogens is 1. The molecule has 4 aliphatic rings. The molecule has 258 valence electrons. The van der Waals surface area contributed by atoms with Gasteiger partial charge >= 0.3 is 11.0 Å². The fraction of sp³-hybridized carbons (Fsp3) is 0.314. The molecule has 2 aliphatic carbocycles. The highest BCUT2D eigenvalue weighted by atomic mass is 35.5. The summed E-state index contributed by atoms with van der Waals surface area (Å²) in [4.78, 5) is 58.0. The van der Waals surface area contributed by atoms with Crippen molar-refractivity contribution in [2.45, 2.75) is 28.8 Å². The molecule has 2 bridgehead atoms. The first kappa shape index (κ1) is 32.9. The lowest BCUT2D eigenvalue weighted by atomic mass is 9.68. The number of imide groups is 1. The van der Waals surface area contributed by atoms with Crippen molar-refractivity contribution in [2.24, 2.45) is 29.6 Å². The molecule has 3 heterocycles. The van der Waals surface area contributed by atoms with Crippen molar-refractivity contribution in [3.8, 4) is 11.5 Å². The Morgan fingerprint density at radius 3 is 2.46 bits per heavy atom. The van der Waals surface area contributed by atoms with Crippen LogP contribution < -0.4 is 24.6 Å². The van der Waals surface area contributed by atoms with Crippen molar-refractivity contribution in [1.29, 1.82) is 0 Å². The number of carbonyl (C=O) groups is 3. The van der Waals surface area contributed by atoms with Crippen molar-refractivity contribution in [1.82, 2.24) is 4.98 Å². The monoisotopic (exact) mass is 741 g/mol. The molecule has 2 saturated carbocycles. The molecule has 1 aromatic heterocycles. The number of halogens is 4. The highest BCUT2D eigenvalue weighted by Gasteiger charge is 2.69. The summed E-state index contributed by atoms with van der Waals surface area (Å²) in [6, 6.07) is 16.3. The fourth-order valence-electron chi connectivity index (χ4n) is 8.35. The van der Waals surface area contributed by atoms with Crippen LogP contribution in [0.1, 0.15) is 28.3 Å². The average Bonchev–Trinajstić information content (AvgIpc) is 3.82. The lowest BCUT2D eigenvalue weighted by Crippen LogP contribution is -2.42. The molecule has 50 heavy (non-hydrogen) atoms. The van der Waals surface area contributed by atoms with Crippen LogP contribution in [0.5, 0.6) is 11.5 Å². The van der Waals surface area contributed by atoms with Crippen molar-refractivity contribution in [2.75, 3.05) is 23.9 Å². The number of rotatable bonds is 7. The molecule has 3 fully saturated rings. The van der Waals surface area contributed by atoms with Crippen molar-refractivity contribution < 1.29 is 37.0 Å².